The summed E-state index contributed by atoms with van der Waals surface area (Å²) in [5, 5.41) is 0. The molecule has 0 bridgehead atoms. The van der Waals surface area contributed by atoms with Crippen LogP contribution in [0.5, 0.6) is 0 Å². The number of aromatic nitrogens is 2. The number of hydrogen-bond acceptors (Lipinski definition) is 3. The van der Waals surface area contributed by atoms with Crippen LogP contribution in [-0.4, -0.2) is 28.0 Å². The van der Waals surface area contributed by atoms with Gasteiger partial charge < -0.3 is 14.5 Å². The Balaban J connectivity index is 2.55. The molecule has 0 saturated heterocycles. The van der Waals surface area contributed by atoms with Crippen molar-refractivity contribution in [2.24, 2.45) is 0 Å². The first kappa shape index (κ1) is 12.2. The molecule has 100 valence electrons. The molecule has 0 atom stereocenters. The summed E-state index contributed by atoms with van der Waals surface area (Å²) in [5.41, 5.74) is 4.14. The summed E-state index contributed by atoms with van der Waals surface area (Å²) < 4.78 is 1.62. The zero-order chi connectivity index (χ0) is 13.7. The van der Waals surface area contributed by atoms with Crippen molar-refractivity contribution in [3.05, 3.63) is 43.5 Å². The van der Waals surface area contributed by atoms with Gasteiger partial charge in [-0.05, 0) is 43.7 Å². The highest BCUT2D eigenvalue weighted by atomic mass is 16.2. The molecule has 0 saturated carbocycles. The first-order valence-corrected chi connectivity index (χ1v) is 6.43. The van der Waals surface area contributed by atoms with Crippen LogP contribution in [0.3, 0.4) is 0 Å². The summed E-state index contributed by atoms with van der Waals surface area (Å²) in [5.74, 6) is 0. The van der Waals surface area contributed by atoms with Crippen molar-refractivity contribution in [3.63, 3.8) is 0 Å². The standard InChI is InChI=1S/C14H17N3O2/c1-8-6-11-12-10(9(8)2)7-16(3)4-5-17(12)14(19)13(18)15-11/h6H,4-5,7H2,1-3H3,(H,15,18). The van der Waals surface area contributed by atoms with Gasteiger partial charge in [-0.1, -0.05) is 0 Å². The number of rotatable bonds is 0. The topological polar surface area (TPSA) is 58.1 Å². The molecule has 0 amide bonds. The third-order valence-corrected chi connectivity index (χ3v) is 4.04. The molecule has 2 aromatic rings. The average Bonchev–Trinajstić information content (AvgIpc) is 2.53. The van der Waals surface area contributed by atoms with E-state index < -0.39 is 11.1 Å². The van der Waals surface area contributed by atoms with Gasteiger partial charge in [0.05, 0.1) is 11.0 Å². The normalized spacial score (nSPS) is 15.7. The Morgan fingerprint density at radius 2 is 1.95 bits per heavy atom. The van der Waals surface area contributed by atoms with Crippen LogP contribution in [0.1, 0.15) is 16.7 Å². The number of aryl methyl sites for hydroxylation is 1. The molecule has 1 N–H and O–H groups in total. The van der Waals surface area contributed by atoms with Gasteiger partial charge in [-0.2, -0.15) is 0 Å². The second-order valence-electron chi connectivity index (χ2n) is 5.34. The number of benzene rings is 1. The Bertz CT molecular complexity index is 786. The molecular weight excluding hydrogens is 242 g/mol. The molecule has 0 fully saturated rings. The van der Waals surface area contributed by atoms with E-state index in [0.29, 0.717) is 6.54 Å². The highest BCUT2D eigenvalue weighted by Crippen LogP contribution is 2.25. The van der Waals surface area contributed by atoms with Crippen LogP contribution in [-0.2, 0) is 13.1 Å². The molecule has 1 aliphatic rings. The highest BCUT2D eigenvalue weighted by molar-refractivity contribution is 5.81. The number of nitrogens with one attached hydrogen (secondary N) is 1. The molecule has 1 aliphatic heterocycles. The van der Waals surface area contributed by atoms with Crippen LogP contribution in [0.4, 0.5) is 0 Å². The second kappa shape index (κ2) is 4.06. The van der Waals surface area contributed by atoms with Gasteiger partial charge in [0.25, 0.3) is 0 Å². The summed E-state index contributed by atoms with van der Waals surface area (Å²) in [6.07, 6.45) is 0. The third kappa shape index (κ3) is 1.73. The molecule has 0 radical (unpaired) electrons. The summed E-state index contributed by atoms with van der Waals surface area (Å²) in [4.78, 5) is 28.7. The molecule has 0 aliphatic carbocycles. The molecular formula is C14H17N3O2. The predicted octanol–water partition coefficient (Wildman–Crippen LogP) is 0.752. The number of likely N-dealkylation sites (N-methyl/N-ethyl adjacent to an activating group) is 1. The highest BCUT2D eigenvalue weighted by Gasteiger charge is 2.19. The van der Waals surface area contributed by atoms with E-state index in [2.05, 4.69) is 16.8 Å². The van der Waals surface area contributed by atoms with Crippen molar-refractivity contribution >= 4 is 11.0 Å². The fourth-order valence-electron chi connectivity index (χ4n) is 2.80. The van der Waals surface area contributed by atoms with Crippen molar-refractivity contribution in [2.75, 3.05) is 13.6 Å². The van der Waals surface area contributed by atoms with E-state index in [1.807, 2.05) is 20.0 Å². The number of H-pyrrole nitrogens is 1. The maximum Gasteiger partial charge on any atom is 0.316 e. The summed E-state index contributed by atoms with van der Waals surface area (Å²) >= 11 is 0. The van der Waals surface area contributed by atoms with Crippen molar-refractivity contribution < 1.29 is 0 Å². The van der Waals surface area contributed by atoms with Gasteiger partial charge in [0.2, 0.25) is 0 Å². The first-order valence-electron chi connectivity index (χ1n) is 6.43. The lowest BCUT2D eigenvalue weighted by atomic mass is 10.0. The summed E-state index contributed by atoms with van der Waals surface area (Å²) in [7, 11) is 2.03. The Labute approximate surface area is 110 Å². The molecule has 1 aromatic heterocycles. The Morgan fingerprint density at radius 3 is 2.68 bits per heavy atom. The van der Waals surface area contributed by atoms with E-state index in [1.165, 1.54) is 5.56 Å². The van der Waals surface area contributed by atoms with Gasteiger partial charge in [0.15, 0.2) is 0 Å². The third-order valence-electron chi connectivity index (χ3n) is 4.04. The Hall–Kier alpha value is -1.88. The van der Waals surface area contributed by atoms with E-state index in [-0.39, 0.29) is 0 Å². The Morgan fingerprint density at radius 1 is 1.21 bits per heavy atom. The minimum absolute atomic E-state index is 0.452. The van der Waals surface area contributed by atoms with Gasteiger partial charge >= 0.3 is 11.1 Å². The molecule has 1 aromatic carbocycles. The van der Waals surface area contributed by atoms with Crippen LogP contribution in [0.25, 0.3) is 11.0 Å². The van der Waals surface area contributed by atoms with Gasteiger partial charge in [-0.25, -0.2) is 0 Å². The minimum Gasteiger partial charge on any atom is -0.316 e. The summed E-state index contributed by atoms with van der Waals surface area (Å²) in [6.45, 7) is 6.24. The van der Waals surface area contributed by atoms with Crippen LogP contribution in [0.15, 0.2) is 15.7 Å². The predicted molar refractivity (Wildman–Crippen MR) is 74.6 cm³/mol. The molecule has 5 heteroatoms. The molecule has 19 heavy (non-hydrogen) atoms. The maximum absolute atomic E-state index is 12.1. The SMILES string of the molecule is Cc1cc2[nH]c(=O)c(=O)n3c2c(c1C)CN(C)CC3. The zero-order valence-corrected chi connectivity index (χ0v) is 11.4. The van der Waals surface area contributed by atoms with Crippen molar-refractivity contribution in [1.29, 1.82) is 0 Å². The quantitative estimate of drug-likeness (QED) is 0.710. The monoisotopic (exact) mass is 259 g/mol. The lowest BCUT2D eigenvalue weighted by molar-refractivity contribution is 0.321. The van der Waals surface area contributed by atoms with Crippen LogP contribution >= 0.6 is 0 Å². The first-order chi connectivity index (χ1) is 8.99. The van der Waals surface area contributed by atoms with E-state index >= 15 is 0 Å². The van der Waals surface area contributed by atoms with Crippen molar-refractivity contribution in [3.8, 4) is 0 Å². The van der Waals surface area contributed by atoms with Crippen LogP contribution in [0, 0.1) is 13.8 Å². The van der Waals surface area contributed by atoms with Crippen LogP contribution in [0.2, 0.25) is 0 Å². The van der Waals surface area contributed by atoms with Crippen LogP contribution < -0.4 is 11.1 Å². The fourth-order valence-corrected chi connectivity index (χ4v) is 2.80. The zero-order valence-electron chi connectivity index (χ0n) is 11.4. The van der Waals surface area contributed by atoms with E-state index in [0.717, 1.165) is 35.2 Å². The van der Waals surface area contributed by atoms with E-state index in [4.69, 9.17) is 0 Å². The largest absolute Gasteiger partial charge is 0.316 e. The lowest BCUT2D eigenvalue weighted by Crippen LogP contribution is -2.37. The lowest BCUT2D eigenvalue weighted by Gasteiger charge is -2.16. The van der Waals surface area contributed by atoms with Gasteiger partial charge in [-0.3, -0.25) is 9.59 Å². The smallest absolute Gasteiger partial charge is 0.316 e. The van der Waals surface area contributed by atoms with Gasteiger partial charge in [0.1, 0.15) is 0 Å². The van der Waals surface area contributed by atoms with Gasteiger partial charge in [-0.15, -0.1) is 0 Å². The minimum atomic E-state index is -0.536. The van der Waals surface area contributed by atoms with Crippen molar-refractivity contribution in [2.45, 2.75) is 26.9 Å². The fraction of sp³-hybridized carbons (Fsp3) is 0.429. The number of hydrogen-bond donors (Lipinski definition) is 1. The molecule has 2 heterocycles. The molecule has 3 rings (SSSR count). The van der Waals surface area contributed by atoms with E-state index in [1.54, 1.807) is 4.57 Å². The molecule has 0 unspecified atom stereocenters. The summed E-state index contributed by atoms with van der Waals surface area (Å²) in [6, 6.07) is 1.96. The van der Waals surface area contributed by atoms with Gasteiger partial charge in [0, 0.05) is 19.6 Å². The maximum atomic E-state index is 12.1. The second-order valence-corrected chi connectivity index (χ2v) is 5.34. The average molecular weight is 259 g/mol. The van der Waals surface area contributed by atoms with E-state index in [9.17, 15) is 9.59 Å². The number of aromatic amines is 1. The Kier molecular flexibility index (Phi) is 2.60. The number of nitrogens with zero attached hydrogens (tertiary/aromatic N) is 2. The van der Waals surface area contributed by atoms with Crippen molar-refractivity contribution in [1.82, 2.24) is 14.5 Å². The molecule has 0 spiro atoms. The molecule has 5 nitrogen and oxygen atoms in total.